The molecule has 0 saturated carbocycles. The molecule has 2 N–H and O–H groups in total. The van der Waals surface area contributed by atoms with Gasteiger partial charge in [-0.05, 0) is 30.9 Å². The molecule has 1 aromatic rings. The van der Waals surface area contributed by atoms with Crippen LogP contribution < -0.4 is 15.2 Å². The number of ether oxygens (including phenoxy) is 2. The zero-order valence-electron chi connectivity index (χ0n) is 11.0. The summed E-state index contributed by atoms with van der Waals surface area (Å²) >= 11 is 0. The highest BCUT2D eigenvalue weighted by molar-refractivity contribution is 5.39. The molecule has 0 bridgehead atoms. The average Bonchev–Trinajstić information content (AvgIpc) is 2.28. The molecule has 0 aromatic heterocycles. The second kappa shape index (κ2) is 7.17. The van der Waals surface area contributed by atoms with E-state index in [0.29, 0.717) is 12.5 Å². The monoisotopic (exact) mass is 237 g/mol. The molecular formula is C14H23NO2. The van der Waals surface area contributed by atoms with Crippen LogP contribution >= 0.6 is 0 Å². The second-order valence-corrected chi connectivity index (χ2v) is 4.68. The Morgan fingerprint density at radius 2 is 1.82 bits per heavy atom. The molecule has 3 heteroatoms. The van der Waals surface area contributed by atoms with Gasteiger partial charge < -0.3 is 15.2 Å². The quantitative estimate of drug-likeness (QED) is 0.793. The lowest BCUT2D eigenvalue weighted by Crippen LogP contribution is -2.24. The van der Waals surface area contributed by atoms with Gasteiger partial charge in [0.05, 0.1) is 13.7 Å². The van der Waals surface area contributed by atoms with Crippen molar-refractivity contribution >= 4 is 0 Å². The van der Waals surface area contributed by atoms with Crippen LogP contribution in [0.4, 0.5) is 0 Å². The van der Waals surface area contributed by atoms with Gasteiger partial charge in [0.2, 0.25) is 0 Å². The van der Waals surface area contributed by atoms with Crippen LogP contribution in [0.2, 0.25) is 0 Å². The molecule has 0 spiro atoms. The first-order valence-corrected chi connectivity index (χ1v) is 6.15. The van der Waals surface area contributed by atoms with Gasteiger partial charge in [0.25, 0.3) is 0 Å². The summed E-state index contributed by atoms with van der Waals surface area (Å²) in [7, 11) is 1.65. The van der Waals surface area contributed by atoms with Crippen LogP contribution in [0.15, 0.2) is 24.3 Å². The van der Waals surface area contributed by atoms with Crippen molar-refractivity contribution in [2.75, 3.05) is 13.7 Å². The molecule has 17 heavy (non-hydrogen) atoms. The van der Waals surface area contributed by atoms with Crippen molar-refractivity contribution in [2.24, 2.45) is 11.7 Å². The predicted octanol–water partition coefficient (Wildman–Crippen LogP) is 2.84. The third kappa shape index (κ3) is 5.09. The number of nitrogens with two attached hydrogens (primary N) is 1. The molecular weight excluding hydrogens is 214 g/mol. The van der Waals surface area contributed by atoms with E-state index in [2.05, 4.69) is 13.8 Å². The van der Waals surface area contributed by atoms with Gasteiger partial charge in [0.1, 0.15) is 0 Å². The lowest BCUT2D eigenvalue weighted by Gasteiger charge is -2.15. The Morgan fingerprint density at radius 3 is 2.41 bits per heavy atom. The van der Waals surface area contributed by atoms with Crippen LogP contribution in [-0.4, -0.2) is 19.8 Å². The minimum atomic E-state index is 0.213. The maximum absolute atomic E-state index is 6.00. The first-order chi connectivity index (χ1) is 8.13. The van der Waals surface area contributed by atoms with E-state index < -0.39 is 0 Å². The Hall–Kier alpha value is -1.22. The highest BCUT2D eigenvalue weighted by Gasteiger charge is 2.07. The first-order valence-electron chi connectivity index (χ1n) is 6.15. The smallest absolute Gasteiger partial charge is 0.161 e. The number of para-hydroxylation sites is 2. The Kier molecular flexibility index (Phi) is 5.84. The van der Waals surface area contributed by atoms with Gasteiger partial charge in [0.15, 0.2) is 11.5 Å². The summed E-state index contributed by atoms with van der Waals surface area (Å²) in [6, 6.07) is 7.88. The van der Waals surface area contributed by atoms with Gasteiger partial charge in [0, 0.05) is 6.04 Å². The topological polar surface area (TPSA) is 44.5 Å². The van der Waals surface area contributed by atoms with Crippen molar-refractivity contribution in [3.8, 4) is 11.5 Å². The molecule has 96 valence electrons. The van der Waals surface area contributed by atoms with Crippen molar-refractivity contribution in [2.45, 2.75) is 32.7 Å². The number of rotatable bonds is 7. The molecule has 0 aliphatic heterocycles. The molecule has 1 unspecified atom stereocenters. The Morgan fingerprint density at radius 1 is 1.18 bits per heavy atom. The zero-order chi connectivity index (χ0) is 12.7. The van der Waals surface area contributed by atoms with Crippen LogP contribution in [-0.2, 0) is 0 Å². The summed E-state index contributed by atoms with van der Waals surface area (Å²) in [5, 5.41) is 0. The number of hydrogen-bond donors (Lipinski definition) is 1. The maximum Gasteiger partial charge on any atom is 0.161 e. The van der Waals surface area contributed by atoms with Crippen LogP contribution in [0.1, 0.15) is 26.7 Å². The SMILES string of the molecule is COc1ccccc1OCCC(N)CC(C)C. The molecule has 0 aliphatic carbocycles. The molecule has 0 fully saturated rings. The maximum atomic E-state index is 6.00. The average molecular weight is 237 g/mol. The van der Waals surface area contributed by atoms with E-state index >= 15 is 0 Å². The van der Waals surface area contributed by atoms with Crippen LogP contribution in [0.5, 0.6) is 11.5 Å². The Balaban J connectivity index is 2.35. The van der Waals surface area contributed by atoms with Crippen LogP contribution in [0.25, 0.3) is 0 Å². The number of benzene rings is 1. The summed E-state index contributed by atoms with van der Waals surface area (Å²) in [4.78, 5) is 0. The third-order valence-corrected chi connectivity index (χ3v) is 2.59. The fourth-order valence-corrected chi connectivity index (χ4v) is 1.78. The number of hydrogen-bond acceptors (Lipinski definition) is 3. The lowest BCUT2D eigenvalue weighted by atomic mass is 10.0. The second-order valence-electron chi connectivity index (χ2n) is 4.68. The van der Waals surface area contributed by atoms with Crippen molar-refractivity contribution in [1.29, 1.82) is 0 Å². The van der Waals surface area contributed by atoms with Gasteiger partial charge in [-0.2, -0.15) is 0 Å². The third-order valence-electron chi connectivity index (χ3n) is 2.59. The Labute approximate surface area is 104 Å². The van der Waals surface area contributed by atoms with E-state index in [4.69, 9.17) is 15.2 Å². The highest BCUT2D eigenvalue weighted by atomic mass is 16.5. The standard InChI is InChI=1S/C14H23NO2/c1-11(2)10-12(15)8-9-17-14-7-5-4-6-13(14)16-3/h4-7,11-12H,8-10,15H2,1-3H3. The van der Waals surface area contributed by atoms with Gasteiger partial charge in [-0.15, -0.1) is 0 Å². The fraction of sp³-hybridized carbons (Fsp3) is 0.571. The first kappa shape index (κ1) is 13.8. The molecule has 3 nitrogen and oxygen atoms in total. The van der Waals surface area contributed by atoms with Crippen molar-refractivity contribution in [3.63, 3.8) is 0 Å². The number of methoxy groups -OCH3 is 1. The van der Waals surface area contributed by atoms with Gasteiger partial charge in [-0.3, -0.25) is 0 Å². The van der Waals surface area contributed by atoms with Gasteiger partial charge in [-0.1, -0.05) is 26.0 Å². The highest BCUT2D eigenvalue weighted by Crippen LogP contribution is 2.25. The molecule has 1 aromatic carbocycles. The summed E-state index contributed by atoms with van der Waals surface area (Å²) in [6.45, 7) is 5.00. The fourth-order valence-electron chi connectivity index (χ4n) is 1.78. The van der Waals surface area contributed by atoms with Crippen molar-refractivity contribution < 1.29 is 9.47 Å². The molecule has 0 saturated heterocycles. The van der Waals surface area contributed by atoms with Gasteiger partial charge in [-0.25, -0.2) is 0 Å². The predicted molar refractivity (Wildman–Crippen MR) is 70.5 cm³/mol. The summed E-state index contributed by atoms with van der Waals surface area (Å²) in [5.41, 5.74) is 6.00. The molecule has 1 atom stereocenters. The van der Waals surface area contributed by atoms with Crippen LogP contribution in [0.3, 0.4) is 0 Å². The summed E-state index contributed by atoms with van der Waals surface area (Å²) < 4.78 is 10.9. The molecule has 0 aliphatic rings. The van der Waals surface area contributed by atoms with E-state index in [1.807, 2.05) is 24.3 Å². The lowest BCUT2D eigenvalue weighted by molar-refractivity contribution is 0.273. The molecule has 0 amide bonds. The van der Waals surface area contributed by atoms with Crippen molar-refractivity contribution in [3.05, 3.63) is 24.3 Å². The van der Waals surface area contributed by atoms with Crippen LogP contribution in [0, 0.1) is 5.92 Å². The van der Waals surface area contributed by atoms with E-state index in [1.54, 1.807) is 7.11 Å². The van der Waals surface area contributed by atoms with Crippen molar-refractivity contribution in [1.82, 2.24) is 0 Å². The van der Waals surface area contributed by atoms with E-state index in [1.165, 1.54) is 0 Å². The zero-order valence-corrected chi connectivity index (χ0v) is 11.0. The minimum absolute atomic E-state index is 0.213. The molecule has 1 rings (SSSR count). The van der Waals surface area contributed by atoms with Gasteiger partial charge >= 0.3 is 0 Å². The summed E-state index contributed by atoms with van der Waals surface area (Å²) in [6.07, 6.45) is 1.91. The normalized spacial score (nSPS) is 12.5. The largest absolute Gasteiger partial charge is 0.493 e. The van der Waals surface area contributed by atoms with E-state index in [-0.39, 0.29) is 6.04 Å². The molecule has 0 heterocycles. The minimum Gasteiger partial charge on any atom is -0.493 e. The molecule has 0 radical (unpaired) electrons. The van der Waals surface area contributed by atoms with E-state index in [9.17, 15) is 0 Å². The summed E-state index contributed by atoms with van der Waals surface area (Å²) in [5.74, 6) is 2.19. The Bertz CT molecular complexity index is 326. The van der Waals surface area contributed by atoms with E-state index in [0.717, 1.165) is 24.3 Å².